The Bertz CT molecular complexity index is 539. The van der Waals surface area contributed by atoms with Gasteiger partial charge < -0.3 is 14.5 Å². The van der Waals surface area contributed by atoms with Crippen molar-refractivity contribution < 1.29 is 9.53 Å². The summed E-state index contributed by atoms with van der Waals surface area (Å²) in [7, 11) is 0. The van der Waals surface area contributed by atoms with Crippen LogP contribution in [0.4, 0.5) is 5.13 Å². The molecular weight excluding hydrogens is 300 g/mol. The number of carbonyl (C=O) groups excluding carboxylic acids is 1. The van der Waals surface area contributed by atoms with E-state index in [-0.39, 0.29) is 12.0 Å². The summed E-state index contributed by atoms with van der Waals surface area (Å²) in [6.07, 6.45) is 5.55. The second kappa shape index (κ2) is 6.12. The third-order valence-electron chi connectivity index (χ3n) is 4.65. The Morgan fingerprint density at radius 3 is 2.77 bits per heavy atom. The van der Waals surface area contributed by atoms with Crippen LogP contribution in [0.3, 0.4) is 0 Å². The molecule has 0 radical (unpaired) electrons. The predicted octanol–water partition coefficient (Wildman–Crippen LogP) is 1.63. The van der Waals surface area contributed by atoms with Gasteiger partial charge in [-0.2, -0.15) is 4.37 Å². The zero-order chi connectivity index (χ0) is 14.9. The lowest BCUT2D eigenvalue weighted by atomic mass is 10.1. The summed E-state index contributed by atoms with van der Waals surface area (Å²) in [6.45, 7) is 3.74. The number of nitrogens with zero attached hydrogens (tertiary/aromatic N) is 4. The Hall–Kier alpha value is -1.21. The van der Waals surface area contributed by atoms with Crippen molar-refractivity contribution >= 4 is 22.6 Å². The maximum atomic E-state index is 12.6. The first-order valence-corrected chi connectivity index (χ1v) is 9.07. The van der Waals surface area contributed by atoms with E-state index in [2.05, 4.69) is 14.3 Å². The average Bonchev–Trinajstić information content (AvgIpc) is 3.32. The van der Waals surface area contributed by atoms with E-state index < -0.39 is 0 Å². The number of hydrogen-bond acceptors (Lipinski definition) is 6. The first-order chi connectivity index (χ1) is 10.8. The minimum Gasteiger partial charge on any atom is -0.365 e. The predicted molar refractivity (Wildman–Crippen MR) is 84.3 cm³/mol. The second-order valence-electron chi connectivity index (χ2n) is 6.40. The van der Waals surface area contributed by atoms with Crippen LogP contribution in [-0.2, 0) is 9.53 Å². The van der Waals surface area contributed by atoms with Crippen molar-refractivity contribution in [3.8, 4) is 0 Å². The maximum absolute atomic E-state index is 12.6. The Kier molecular flexibility index (Phi) is 4.00. The highest BCUT2D eigenvalue weighted by Gasteiger charge is 2.33. The fourth-order valence-electron chi connectivity index (χ4n) is 3.15. The van der Waals surface area contributed by atoms with Gasteiger partial charge in [-0.25, -0.2) is 4.98 Å². The summed E-state index contributed by atoms with van der Waals surface area (Å²) < 4.78 is 10.2. The molecule has 1 atom stereocenters. The van der Waals surface area contributed by atoms with Gasteiger partial charge in [-0.15, -0.1) is 0 Å². The van der Waals surface area contributed by atoms with Gasteiger partial charge in [0.15, 0.2) is 6.10 Å². The largest absolute Gasteiger partial charge is 0.365 e. The number of ether oxygens (including phenoxy) is 1. The van der Waals surface area contributed by atoms with E-state index in [1.165, 1.54) is 30.8 Å². The Morgan fingerprint density at radius 1 is 1.18 bits per heavy atom. The van der Waals surface area contributed by atoms with Crippen LogP contribution >= 0.6 is 11.5 Å². The van der Waals surface area contributed by atoms with Gasteiger partial charge >= 0.3 is 0 Å². The Labute approximate surface area is 134 Å². The first-order valence-electron chi connectivity index (χ1n) is 8.30. The molecule has 3 fully saturated rings. The molecule has 120 valence electrons. The normalized spacial score (nSPS) is 26.3. The summed E-state index contributed by atoms with van der Waals surface area (Å²) in [4.78, 5) is 21.4. The summed E-state index contributed by atoms with van der Waals surface area (Å²) in [5, 5.41) is 0.946. The van der Waals surface area contributed by atoms with Crippen molar-refractivity contribution in [2.24, 2.45) is 0 Å². The molecule has 1 aromatic rings. The fraction of sp³-hybridized carbons (Fsp3) is 0.800. The number of anilines is 1. The first kappa shape index (κ1) is 14.4. The van der Waals surface area contributed by atoms with Crippen LogP contribution < -0.4 is 4.90 Å². The molecule has 1 amide bonds. The maximum Gasteiger partial charge on any atom is 0.253 e. The average molecular weight is 322 g/mol. The number of hydrogen-bond donors (Lipinski definition) is 0. The zero-order valence-electron chi connectivity index (χ0n) is 12.7. The number of carbonyl (C=O) groups is 1. The van der Waals surface area contributed by atoms with Gasteiger partial charge in [0, 0.05) is 37.1 Å². The SMILES string of the molecule is O=C(C1CN(c2nc(C3CC3)ns2)CCO1)N1CCCCC1. The fourth-order valence-corrected chi connectivity index (χ4v) is 3.93. The number of aromatic nitrogens is 2. The molecule has 0 N–H and O–H groups in total. The van der Waals surface area contributed by atoms with Gasteiger partial charge in [-0.05, 0) is 32.1 Å². The molecule has 0 spiro atoms. The van der Waals surface area contributed by atoms with Crippen LogP contribution in [0.15, 0.2) is 0 Å². The molecule has 22 heavy (non-hydrogen) atoms. The molecule has 1 aliphatic carbocycles. The van der Waals surface area contributed by atoms with E-state index in [4.69, 9.17) is 4.74 Å². The molecule has 0 bridgehead atoms. The van der Waals surface area contributed by atoms with Gasteiger partial charge in [0.1, 0.15) is 5.82 Å². The van der Waals surface area contributed by atoms with Crippen LogP contribution in [0, 0.1) is 0 Å². The number of morpholine rings is 1. The van der Waals surface area contributed by atoms with Crippen LogP contribution in [0.5, 0.6) is 0 Å². The molecule has 3 heterocycles. The van der Waals surface area contributed by atoms with E-state index in [1.807, 2.05) is 4.90 Å². The minimum atomic E-state index is -0.347. The molecule has 2 aliphatic heterocycles. The van der Waals surface area contributed by atoms with Crippen LogP contribution in [0.1, 0.15) is 43.8 Å². The van der Waals surface area contributed by atoms with Gasteiger partial charge in [0.05, 0.1) is 13.2 Å². The third-order valence-corrected chi connectivity index (χ3v) is 5.44. The quantitative estimate of drug-likeness (QED) is 0.846. The molecule has 1 unspecified atom stereocenters. The van der Waals surface area contributed by atoms with E-state index in [0.29, 0.717) is 19.1 Å². The molecule has 1 aromatic heterocycles. The minimum absolute atomic E-state index is 0.149. The molecule has 7 heteroatoms. The lowest BCUT2D eigenvalue weighted by molar-refractivity contribution is -0.145. The van der Waals surface area contributed by atoms with Crippen LogP contribution in [-0.4, -0.2) is 59.1 Å². The highest BCUT2D eigenvalue weighted by molar-refractivity contribution is 7.09. The number of likely N-dealkylation sites (tertiary alicyclic amines) is 1. The molecule has 1 saturated carbocycles. The van der Waals surface area contributed by atoms with Gasteiger partial charge in [0.25, 0.3) is 5.91 Å². The van der Waals surface area contributed by atoms with Gasteiger partial charge in [0.2, 0.25) is 5.13 Å². The third kappa shape index (κ3) is 2.96. The van der Waals surface area contributed by atoms with E-state index in [0.717, 1.165) is 43.4 Å². The van der Waals surface area contributed by atoms with Crippen molar-refractivity contribution in [3.05, 3.63) is 5.82 Å². The molecule has 0 aromatic carbocycles. The van der Waals surface area contributed by atoms with E-state index in [9.17, 15) is 4.79 Å². The van der Waals surface area contributed by atoms with Crippen LogP contribution in [0.25, 0.3) is 0 Å². The summed E-state index contributed by atoms with van der Waals surface area (Å²) in [5.74, 6) is 1.72. The molecule has 4 rings (SSSR count). The van der Waals surface area contributed by atoms with Crippen LogP contribution in [0.2, 0.25) is 0 Å². The Balaban J connectivity index is 1.40. The number of rotatable bonds is 3. The van der Waals surface area contributed by atoms with Crippen molar-refractivity contribution in [1.82, 2.24) is 14.3 Å². The molecule has 3 aliphatic rings. The standard InChI is InChI=1S/C15H22N4O2S/c20-14(18-6-2-1-3-7-18)12-10-19(8-9-21-12)15-16-13(17-22-15)11-4-5-11/h11-12H,1-10H2. The smallest absolute Gasteiger partial charge is 0.253 e. The zero-order valence-corrected chi connectivity index (χ0v) is 13.6. The van der Waals surface area contributed by atoms with Gasteiger partial charge in [-0.3, -0.25) is 4.79 Å². The Morgan fingerprint density at radius 2 is 2.00 bits per heavy atom. The highest BCUT2D eigenvalue weighted by Crippen LogP contribution is 2.39. The topological polar surface area (TPSA) is 58.6 Å². The van der Waals surface area contributed by atoms with Crippen molar-refractivity contribution in [3.63, 3.8) is 0 Å². The lowest BCUT2D eigenvalue weighted by Gasteiger charge is -2.35. The van der Waals surface area contributed by atoms with Crippen molar-refractivity contribution in [2.75, 3.05) is 37.7 Å². The summed E-state index contributed by atoms with van der Waals surface area (Å²) in [6, 6.07) is 0. The molecule has 2 saturated heterocycles. The number of amides is 1. The molecule has 6 nitrogen and oxygen atoms in total. The number of piperidine rings is 1. The summed E-state index contributed by atoms with van der Waals surface area (Å²) >= 11 is 1.46. The van der Waals surface area contributed by atoms with Crippen molar-refractivity contribution in [2.45, 2.75) is 44.1 Å². The van der Waals surface area contributed by atoms with E-state index >= 15 is 0 Å². The monoisotopic (exact) mass is 322 g/mol. The molecular formula is C15H22N4O2S. The lowest BCUT2D eigenvalue weighted by Crippen LogP contribution is -2.52. The van der Waals surface area contributed by atoms with E-state index in [1.54, 1.807) is 0 Å². The van der Waals surface area contributed by atoms with Gasteiger partial charge in [-0.1, -0.05) is 0 Å². The van der Waals surface area contributed by atoms with Crippen molar-refractivity contribution in [1.29, 1.82) is 0 Å². The second-order valence-corrected chi connectivity index (χ2v) is 7.13. The summed E-state index contributed by atoms with van der Waals surface area (Å²) in [5.41, 5.74) is 0. The highest BCUT2D eigenvalue weighted by atomic mass is 32.1.